The second-order valence-electron chi connectivity index (χ2n) is 30.8. The highest BCUT2D eigenvalue weighted by Gasteiger charge is 2.26. The smallest absolute Gasteiger partial charge is 0.167 e. The van der Waals surface area contributed by atoms with E-state index in [1.807, 2.05) is 15.2 Å². The van der Waals surface area contributed by atoms with Crippen LogP contribution in [-0.2, 0) is 61.7 Å². The number of aromatic hydroxyl groups is 1. The third-order valence-corrected chi connectivity index (χ3v) is 27.4. The van der Waals surface area contributed by atoms with Gasteiger partial charge in [-0.15, -0.1) is 0 Å². The lowest BCUT2D eigenvalue weighted by Gasteiger charge is -2.22. The summed E-state index contributed by atoms with van der Waals surface area (Å²) in [6.07, 6.45) is 19.8. The summed E-state index contributed by atoms with van der Waals surface area (Å²) >= 11 is 41.4. The van der Waals surface area contributed by atoms with E-state index in [-0.39, 0.29) is 42.6 Å². The van der Waals surface area contributed by atoms with Crippen LogP contribution >= 0.6 is 85.5 Å². The molecule has 3 heterocycles. The number of imidazole rings is 3. The maximum atomic E-state index is 10.4. The quantitative estimate of drug-likeness (QED) is 0.0157. The largest absolute Gasteiger partial charge is 0.504 e. The first-order valence-corrected chi connectivity index (χ1v) is 52.9. The van der Waals surface area contributed by atoms with E-state index in [0.29, 0.717) is 130 Å². The Morgan fingerprint density at radius 3 is 1.26 bits per heavy atom. The minimum absolute atomic E-state index is 0.0932. The van der Waals surface area contributed by atoms with Crippen molar-refractivity contribution in [2.75, 3.05) is 58.6 Å². The van der Waals surface area contributed by atoms with Gasteiger partial charge in [0.1, 0.15) is 96.0 Å². The topological polar surface area (TPSA) is 179 Å². The van der Waals surface area contributed by atoms with Crippen molar-refractivity contribution in [2.24, 2.45) is 17.8 Å². The molecule has 0 atom stereocenters. The van der Waals surface area contributed by atoms with Crippen molar-refractivity contribution in [2.45, 2.75) is 232 Å². The monoisotopic (exact) mass is 1580 g/mol. The maximum Gasteiger partial charge on any atom is 0.167 e. The van der Waals surface area contributed by atoms with Gasteiger partial charge in [-0.2, -0.15) is 0 Å². The fourth-order valence-electron chi connectivity index (χ4n) is 11.2. The van der Waals surface area contributed by atoms with Crippen LogP contribution in [-0.4, -0.2) is 130 Å². The van der Waals surface area contributed by atoms with Crippen LogP contribution < -0.4 is 9.47 Å². The highest BCUT2D eigenvalue weighted by Crippen LogP contribution is 2.43. The summed E-state index contributed by atoms with van der Waals surface area (Å²) in [5.74, 6) is 4.91. The summed E-state index contributed by atoms with van der Waals surface area (Å²) in [5.41, 5.74) is 3.96. The number of aliphatic hydroxyl groups is 1. The molecule has 0 saturated heterocycles. The summed E-state index contributed by atoms with van der Waals surface area (Å²) in [6.45, 7) is 33.4. The highest BCUT2D eigenvalue weighted by molar-refractivity contribution is 9.09. The molecule has 9 rings (SSSR count). The molecule has 0 radical (unpaired) electrons. The molecule has 0 unspecified atom stereocenters. The first-order valence-electron chi connectivity index (χ1n) is 34.6. The third kappa shape index (κ3) is 28.5. The van der Waals surface area contributed by atoms with Crippen LogP contribution in [0.5, 0.6) is 17.2 Å². The van der Waals surface area contributed by atoms with E-state index in [4.69, 9.17) is 112 Å². The number of hydrogen-bond acceptors (Lipinski definition) is 13. The molecular formula is C69H111BrCl6N6O10Si4. The predicted octanol–water partition coefficient (Wildman–Crippen LogP) is 21.9. The van der Waals surface area contributed by atoms with E-state index in [9.17, 15) is 10.2 Å². The molecule has 0 amide bonds. The minimum atomic E-state index is -1.19. The number of halogens is 7. The molecule has 3 N–H and O–H groups in total. The predicted molar refractivity (Wildman–Crippen MR) is 413 cm³/mol. The molecule has 27 heteroatoms. The number of alkyl halides is 1. The van der Waals surface area contributed by atoms with Crippen molar-refractivity contribution in [3.63, 3.8) is 0 Å². The number of ether oxygens (including phenoxy) is 8. The molecule has 3 fully saturated rings. The van der Waals surface area contributed by atoms with Gasteiger partial charge in [0.25, 0.3) is 0 Å². The number of phenols is 1. The van der Waals surface area contributed by atoms with Crippen LogP contribution in [0.25, 0.3) is 33.1 Å². The van der Waals surface area contributed by atoms with E-state index in [1.54, 1.807) is 12.1 Å². The van der Waals surface area contributed by atoms with Gasteiger partial charge in [0.2, 0.25) is 0 Å². The van der Waals surface area contributed by atoms with Gasteiger partial charge in [-0.1, -0.05) is 222 Å². The summed E-state index contributed by atoms with van der Waals surface area (Å²) in [5, 5.41) is 22.9. The second kappa shape index (κ2) is 40.9. The zero-order chi connectivity index (χ0) is 70.2. The van der Waals surface area contributed by atoms with Crippen molar-refractivity contribution in [1.82, 2.24) is 29.1 Å². The number of hydrogen-bond donors (Lipinski definition) is 3. The molecule has 16 nitrogen and oxygen atoms in total. The van der Waals surface area contributed by atoms with Gasteiger partial charge < -0.3 is 62.2 Å². The van der Waals surface area contributed by atoms with Crippen LogP contribution in [0, 0.1) is 17.8 Å². The number of aromatic amines is 1. The van der Waals surface area contributed by atoms with Gasteiger partial charge in [-0.25, -0.2) is 15.0 Å². The van der Waals surface area contributed by atoms with Gasteiger partial charge in [0, 0.05) is 64.1 Å². The van der Waals surface area contributed by atoms with Gasteiger partial charge in [0.05, 0.1) is 44.8 Å². The van der Waals surface area contributed by atoms with Gasteiger partial charge >= 0.3 is 0 Å². The van der Waals surface area contributed by atoms with Crippen molar-refractivity contribution in [3.05, 3.63) is 65.8 Å². The van der Waals surface area contributed by atoms with Crippen LogP contribution in [0.4, 0.5) is 0 Å². The van der Waals surface area contributed by atoms with Crippen molar-refractivity contribution in [3.8, 4) is 17.2 Å². The summed E-state index contributed by atoms with van der Waals surface area (Å²) in [6, 6.07) is 9.62. The third-order valence-electron chi connectivity index (χ3n) is 17.3. The molecule has 0 bridgehead atoms. The first kappa shape index (κ1) is 83.2. The molecule has 3 aromatic heterocycles. The van der Waals surface area contributed by atoms with E-state index < -0.39 is 32.3 Å². The number of aromatic nitrogens is 6. The Kier molecular flexibility index (Phi) is 35.5. The van der Waals surface area contributed by atoms with E-state index in [1.165, 1.54) is 102 Å². The molecule has 96 heavy (non-hydrogen) atoms. The van der Waals surface area contributed by atoms with Crippen LogP contribution in [0.15, 0.2) is 18.2 Å². The van der Waals surface area contributed by atoms with Crippen LogP contribution in [0.1, 0.15) is 114 Å². The molecule has 3 aliphatic carbocycles. The molecule has 3 saturated carbocycles. The number of aliphatic hydroxyl groups excluding tert-OH is 1. The normalized spacial score (nSPS) is 15.6. The van der Waals surface area contributed by atoms with Gasteiger partial charge in [0.15, 0.2) is 17.2 Å². The first-order chi connectivity index (χ1) is 45.5. The van der Waals surface area contributed by atoms with Crippen LogP contribution in [0.3, 0.4) is 0 Å². The maximum absolute atomic E-state index is 10.4. The number of nitrogens with zero attached hydrogens (tertiary/aromatic N) is 5. The summed E-state index contributed by atoms with van der Waals surface area (Å²) in [4.78, 5) is 16.8. The Morgan fingerprint density at radius 2 is 0.854 bits per heavy atom. The van der Waals surface area contributed by atoms with Crippen molar-refractivity contribution in [1.29, 1.82) is 0 Å². The number of rotatable bonds is 32. The Balaban J connectivity index is 0.000000221. The number of fused-ring (bicyclic) bond motifs is 3. The molecule has 0 aliphatic heterocycles. The Bertz CT molecular complexity index is 3300. The fraction of sp³-hybridized carbons (Fsp3) is 0.696. The Morgan fingerprint density at radius 1 is 0.479 bits per heavy atom. The lowest BCUT2D eigenvalue weighted by Crippen LogP contribution is -2.22. The zero-order valence-corrected chi connectivity index (χ0v) is 69.5. The Labute approximate surface area is 615 Å². The molecule has 542 valence electrons. The minimum Gasteiger partial charge on any atom is -0.504 e. The molecular weight excluding hydrogens is 1480 g/mol. The molecule has 0 spiro atoms. The average molecular weight is 1590 g/mol. The highest BCUT2D eigenvalue weighted by atomic mass is 79.9. The van der Waals surface area contributed by atoms with Gasteiger partial charge in [-0.05, 0) is 98.7 Å². The standard InChI is InChI=1S/C27H46Cl2N2O4Si2.C20H34Cl2N2O4Si2.C15H18Cl2N2O2.C7H13Br/c1-36(2,3)14-12-32-19-31-23-16-22(28)25(29)27(35-17-21-10-8-7-9-11-21)26(23)30-24(31)18-34-20-33-13-15-37(4,5)6;1-29(2,3)9-7-26-13-24-16-11-15(21)18(22)20(25)19(16)23-17(24)12-28-14-27-8-10-30(4,5)6;16-10-6-11-14(19-12(7-20)18-11)15(13(10)17)21-8-9-4-2-1-3-5-9;8-6-7-4-2-1-3-5-7/h16,21H,7-15,17-20H2,1-6H3;11,25H,7-10,12-14H2,1-6H3;6,9,20H,1-5,7-8H2,(H,18,19);7H,1-6H2. The number of H-pyrrole nitrogens is 1. The van der Waals surface area contributed by atoms with Crippen molar-refractivity contribution >= 4 is 151 Å². The lowest BCUT2D eigenvalue weighted by atomic mass is 9.90. The lowest BCUT2D eigenvalue weighted by molar-refractivity contribution is -0.0610. The molecule has 3 aromatic carbocycles. The second-order valence-corrected chi connectivity index (χ2v) is 56.3. The SMILES string of the molecule is BrCC1CCCCC1.C[Si](C)(C)CCOCOCc1nc2c(O)c(Cl)c(Cl)cc2n1COCC[Si](C)(C)C.C[Si](C)(C)CCOCOCc1nc2c(OCC3CCCCC3)c(Cl)c(Cl)cc2n1COCC[Si](C)(C)C.OCc1nc2c(OCC3CCCCC3)c(Cl)c(Cl)cc2[nH]1. The number of phenolic OH excluding ortho intramolecular Hbond substituents is 1. The number of benzene rings is 3. The zero-order valence-electron chi connectivity index (χ0n) is 59.3. The fourth-order valence-corrected chi connectivity index (χ4v) is 16.0. The average Bonchev–Trinajstić information content (AvgIpc) is 1.62. The molecule has 3 aliphatic rings. The molecule has 6 aromatic rings. The van der Waals surface area contributed by atoms with Gasteiger partial charge in [-0.3, -0.25) is 0 Å². The van der Waals surface area contributed by atoms with E-state index >= 15 is 0 Å². The van der Waals surface area contributed by atoms with Crippen molar-refractivity contribution < 1.29 is 48.1 Å². The van der Waals surface area contributed by atoms with Crippen LogP contribution in [0.2, 0.25) is 133 Å². The summed E-state index contributed by atoms with van der Waals surface area (Å²) < 4.78 is 51.1. The van der Waals surface area contributed by atoms with E-state index in [2.05, 4.69) is 109 Å². The Hall–Kier alpha value is -1.72. The van der Waals surface area contributed by atoms with E-state index in [0.717, 1.165) is 53.6 Å². The number of nitrogens with one attached hydrogen (secondary N) is 1. The summed E-state index contributed by atoms with van der Waals surface area (Å²) in [7, 11) is -4.64.